The van der Waals surface area contributed by atoms with Crippen molar-refractivity contribution in [1.29, 1.82) is 0 Å². The summed E-state index contributed by atoms with van der Waals surface area (Å²) in [5.41, 5.74) is 3.43. The predicted octanol–water partition coefficient (Wildman–Crippen LogP) is 2.08. The second kappa shape index (κ2) is 6.15. The SMILES string of the molecule is Cc1ccncc1CNCc1ccc(S(C)(=O)=O)cc1. The Morgan fingerprint density at radius 1 is 1.10 bits per heavy atom. The molecule has 0 unspecified atom stereocenters. The van der Waals surface area contributed by atoms with Crippen LogP contribution in [-0.4, -0.2) is 19.7 Å². The van der Waals surface area contributed by atoms with E-state index in [4.69, 9.17) is 0 Å². The van der Waals surface area contributed by atoms with E-state index < -0.39 is 9.84 Å². The molecule has 0 bridgehead atoms. The predicted molar refractivity (Wildman–Crippen MR) is 79.1 cm³/mol. The minimum Gasteiger partial charge on any atom is -0.309 e. The van der Waals surface area contributed by atoms with Crippen LogP contribution in [0.3, 0.4) is 0 Å². The summed E-state index contributed by atoms with van der Waals surface area (Å²) < 4.78 is 22.7. The highest BCUT2D eigenvalue weighted by Gasteiger charge is 2.05. The van der Waals surface area contributed by atoms with Crippen molar-refractivity contribution < 1.29 is 8.42 Å². The number of nitrogens with zero attached hydrogens (tertiary/aromatic N) is 1. The van der Waals surface area contributed by atoms with Crippen LogP contribution in [0.1, 0.15) is 16.7 Å². The van der Waals surface area contributed by atoms with Crippen molar-refractivity contribution in [2.75, 3.05) is 6.26 Å². The van der Waals surface area contributed by atoms with Gasteiger partial charge in [-0.2, -0.15) is 0 Å². The van der Waals surface area contributed by atoms with Gasteiger partial charge in [-0.1, -0.05) is 12.1 Å². The van der Waals surface area contributed by atoms with Gasteiger partial charge in [-0.25, -0.2) is 8.42 Å². The molecule has 0 spiro atoms. The summed E-state index contributed by atoms with van der Waals surface area (Å²) in [6, 6.07) is 8.93. The highest BCUT2D eigenvalue weighted by atomic mass is 32.2. The highest BCUT2D eigenvalue weighted by molar-refractivity contribution is 7.90. The van der Waals surface area contributed by atoms with Crippen LogP contribution in [-0.2, 0) is 22.9 Å². The number of hydrogen-bond donors (Lipinski definition) is 1. The molecule has 2 rings (SSSR count). The maximum Gasteiger partial charge on any atom is 0.175 e. The number of sulfone groups is 1. The number of rotatable bonds is 5. The first kappa shape index (κ1) is 14.7. The van der Waals surface area contributed by atoms with Gasteiger partial charge in [0.05, 0.1) is 4.90 Å². The third-order valence-corrected chi connectivity index (χ3v) is 4.27. The molecule has 0 aliphatic carbocycles. The molecule has 0 amide bonds. The van der Waals surface area contributed by atoms with E-state index in [1.165, 1.54) is 17.4 Å². The molecule has 0 saturated heterocycles. The Labute approximate surface area is 119 Å². The standard InChI is InChI=1S/C15H18N2O2S/c1-12-7-8-16-10-14(12)11-17-9-13-3-5-15(6-4-13)20(2,18)19/h3-8,10,17H,9,11H2,1-2H3. The molecule has 4 nitrogen and oxygen atoms in total. The average molecular weight is 290 g/mol. The van der Waals surface area contributed by atoms with Gasteiger partial charge < -0.3 is 5.32 Å². The zero-order chi connectivity index (χ0) is 14.6. The fourth-order valence-corrected chi connectivity index (χ4v) is 2.51. The Balaban J connectivity index is 1.94. The molecule has 0 saturated carbocycles. The molecule has 0 atom stereocenters. The van der Waals surface area contributed by atoms with Gasteiger partial charge in [0, 0.05) is 31.7 Å². The summed E-state index contributed by atoms with van der Waals surface area (Å²) in [5, 5.41) is 3.33. The smallest absolute Gasteiger partial charge is 0.175 e. The number of aryl methyl sites for hydroxylation is 1. The van der Waals surface area contributed by atoms with Crippen LogP contribution in [0.4, 0.5) is 0 Å². The van der Waals surface area contributed by atoms with Crippen molar-refractivity contribution in [3.05, 3.63) is 59.4 Å². The van der Waals surface area contributed by atoms with E-state index in [1.54, 1.807) is 18.3 Å². The topological polar surface area (TPSA) is 59.1 Å². The Kier molecular flexibility index (Phi) is 4.52. The zero-order valence-electron chi connectivity index (χ0n) is 11.6. The number of hydrogen-bond acceptors (Lipinski definition) is 4. The van der Waals surface area contributed by atoms with Gasteiger partial charge >= 0.3 is 0 Å². The lowest BCUT2D eigenvalue weighted by Gasteiger charge is -2.07. The number of nitrogens with one attached hydrogen (secondary N) is 1. The fraction of sp³-hybridized carbons (Fsp3) is 0.267. The monoisotopic (exact) mass is 290 g/mol. The van der Waals surface area contributed by atoms with Crippen LogP contribution in [0.15, 0.2) is 47.6 Å². The Bertz CT molecular complexity index is 679. The van der Waals surface area contributed by atoms with Crippen LogP contribution in [0, 0.1) is 6.92 Å². The maximum atomic E-state index is 11.4. The summed E-state index contributed by atoms with van der Waals surface area (Å²) in [5.74, 6) is 0. The number of benzene rings is 1. The molecule has 106 valence electrons. The summed E-state index contributed by atoms with van der Waals surface area (Å²) in [6.45, 7) is 3.49. The van der Waals surface area contributed by atoms with Crippen LogP contribution >= 0.6 is 0 Å². The molecule has 2 aromatic rings. The second-order valence-corrected chi connectivity index (χ2v) is 6.84. The third-order valence-electron chi connectivity index (χ3n) is 3.14. The molecular weight excluding hydrogens is 272 g/mol. The minimum atomic E-state index is -3.12. The summed E-state index contributed by atoms with van der Waals surface area (Å²) in [4.78, 5) is 4.45. The van der Waals surface area contributed by atoms with Gasteiger partial charge in [0.15, 0.2) is 9.84 Å². The van der Waals surface area contributed by atoms with Gasteiger partial charge in [-0.3, -0.25) is 4.98 Å². The average Bonchev–Trinajstić information content (AvgIpc) is 2.40. The molecule has 20 heavy (non-hydrogen) atoms. The molecular formula is C15H18N2O2S. The summed E-state index contributed by atoms with van der Waals surface area (Å²) in [7, 11) is -3.12. The van der Waals surface area contributed by atoms with Crippen molar-refractivity contribution >= 4 is 9.84 Å². The van der Waals surface area contributed by atoms with Gasteiger partial charge in [-0.05, 0) is 41.8 Å². The lowest BCUT2D eigenvalue weighted by molar-refractivity contribution is 0.602. The largest absolute Gasteiger partial charge is 0.309 e. The van der Waals surface area contributed by atoms with E-state index in [0.29, 0.717) is 11.4 Å². The van der Waals surface area contributed by atoms with Gasteiger partial charge in [-0.15, -0.1) is 0 Å². The summed E-state index contributed by atoms with van der Waals surface area (Å²) in [6.07, 6.45) is 4.85. The van der Waals surface area contributed by atoms with E-state index in [9.17, 15) is 8.42 Å². The van der Waals surface area contributed by atoms with Crippen molar-refractivity contribution in [3.8, 4) is 0 Å². The van der Waals surface area contributed by atoms with E-state index in [-0.39, 0.29) is 0 Å². The quantitative estimate of drug-likeness (QED) is 0.916. The van der Waals surface area contributed by atoms with Crippen molar-refractivity contribution in [1.82, 2.24) is 10.3 Å². The number of pyridine rings is 1. The Morgan fingerprint density at radius 2 is 1.80 bits per heavy atom. The third kappa shape index (κ3) is 3.88. The van der Waals surface area contributed by atoms with Crippen molar-refractivity contribution in [2.24, 2.45) is 0 Å². The molecule has 1 heterocycles. The molecule has 0 fully saturated rings. The van der Waals surface area contributed by atoms with Crippen LogP contribution in [0.25, 0.3) is 0 Å². The summed E-state index contributed by atoms with van der Waals surface area (Å²) >= 11 is 0. The first-order valence-corrected chi connectivity index (χ1v) is 8.25. The van der Waals surface area contributed by atoms with E-state index in [1.807, 2.05) is 24.4 Å². The van der Waals surface area contributed by atoms with E-state index in [0.717, 1.165) is 12.1 Å². The lowest BCUT2D eigenvalue weighted by atomic mass is 10.1. The van der Waals surface area contributed by atoms with Crippen LogP contribution < -0.4 is 5.32 Å². The Hall–Kier alpha value is -1.72. The van der Waals surface area contributed by atoms with Gasteiger partial charge in [0.2, 0.25) is 0 Å². The minimum absolute atomic E-state index is 0.351. The normalized spacial score (nSPS) is 11.5. The Morgan fingerprint density at radius 3 is 2.40 bits per heavy atom. The van der Waals surface area contributed by atoms with Crippen molar-refractivity contribution in [2.45, 2.75) is 24.9 Å². The molecule has 5 heteroatoms. The molecule has 1 aromatic heterocycles. The first-order valence-electron chi connectivity index (χ1n) is 6.36. The zero-order valence-corrected chi connectivity index (χ0v) is 12.4. The molecule has 0 aliphatic heterocycles. The first-order chi connectivity index (χ1) is 9.47. The number of aromatic nitrogens is 1. The molecule has 0 aliphatic rings. The maximum absolute atomic E-state index is 11.4. The molecule has 0 radical (unpaired) electrons. The second-order valence-electron chi connectivity index (χ2n) is 4.82. The lowest BCUT2D eigenvalue weighted by Crippen LogP contribution is -2.13. The van der Waals surface area contributed by atoms with Crippen LogP contribution in [0.2, 0.25) is 0 Å². The fourth-order valence-electron chi connectivity index (χ4n) is 1.88. The highest BCUT2D eigenvalue weighted by Crippen LogP contribution is 2.10. The van der Waals surface area contributed by atoms with E-state index in [2.05, 4.69) is 17.2 Å². The van der Waals surface area contributed by atoms with E-state index >= 15 is 0 Å². The van der Waals surface area contributed by atoms with Gasteiger partial charge in [0.25, 0.3) is 0 Å². The molecule has 1 aromatic carbocycles. The van der Waals surface area contributed by atoms with Crippen molar-refractivity contribution in [3.63, 3.8) is 0 Å². The van der Waals surface area contributed by atoms with Crippen LogP contribution in [0.5, 0.6) is 0 Å². The molecule has 1 N–H and O–H groups in total. The van der Waals surface area contributed by atoms with Gasteiger partial charge in [0.1, 0.15) is 0 Å².